The molecule has 1 aromatic rings. The number of nitrogens with one attached hydrogen (secondary N) is 1. The molecule has 12 heavy (non-hydrogen) atoms. The molecule has 2 heteroatoms. The number of hydrogen-bond acceptors (Lipinski definition) is 2. The van der Waals surface area contributed by atoms with Gasteiger partial charge in [-0.25, -0.2) is 4.99 Å². The van der Waals surface area contributed by atoms with Gasteiger partial charge in [0, 0.05) is 18.3 Å². The summed E-state index contributed by atoms with van der Waals surface area (Å²) in [6.07, 6.45) is 3.82. The molecule has 60 valence electrons. The normalized spacial score (nSPS) is 15.2. The van der Waals surface area contributed by atoms with Crippen LogP contribution in [-0.2, 0) is 0 Å². The zero-order valence-corrected chi connectivity index (χ0v) is 6.70. The molecule has 1 aromatic carbocycles. The van der Waals surface area contributed by atoms with Gasteiger partial charge in [0.05, 0.1) is 0 Å². The number of amidine groups is 1. The van der Waals surface area contributed by atoms with E-state index in [1.807, 2.05) is 42.6 Å². The van der Waals surface area contributed by atoms with Crippen molar-refractivity contribution in [3.8, 4) is 0 Å². The number of aliphatic imine (C=N–C) groups is 1. The van der Waals surface area contributed by atoms with Gasteiger partial charge in [0.15, 0.2) is 0 Å². The highest BCUT2D eigenvalue weighted by molar-refractivity contribution is 5.99. The molecule has 2 nitrogen and oxygen atoms in total. The van der Waals surface area contributed by atoms with E-state index in [9.17, 15) is 0 Å². The molecule has 0 bridgehead atoms. The van der Waals surface area contributed by atoms with Crippen LogP contribution in [0.4, 0.5) is 0 Å². The summed E-state index contributed by atoms with van der Waals surface area (Å²) in [5, 5.41) is 3.20. The van der Waals surface area contributed by atoms with E-state index in [0.717, 1.165) is 17.9 Å². The van der Waals surface area contributed by atoms with Crippen LogP contribution in [0.15, 0.2) is 47.6 Å². The third-order valence-corrected chi connectivity index (χ3v) is 1.74. The van der Waals surface area contributed by atoms with Crippen LogP contribution in [-0.4, -0.2) is 12.4 Å². The van der Waals surface area contributed by atoms with E-state index in [2.05, 4.69) is 10.3 Å². The second-order valence-corrected chi connectivity index (χ2v) is 2.61. The summed E-state index contributed by atoms with van der Waals surface area (Å²) >= 11 is 0. The van der Waals surface area contributed by atoms with E-state index in [1.165, 1.54) is 0 Å². The van der Waals surface area contributed by atoms with Gasteiger partial charge < -0.3 is 5.32 Å². The van der Waals surface area contributed by atoms with E-state index in [0.29, 0.717) is 0 Å². The Bertz CT molecular complexity index is 312. The molecule has 0 saturated heterocycles. The highest BCUT2D eigenvalue weighted by Gasteiger charge is 2.01. The molecule has 0 saturated carbocycles. The van der Waals surface area contributed by atoms with Crippen molar-refractivity contribution in [1.82, 2.24) is 5.32 Å². The van der Waals surface area contributed by atoms with Gasteiger partial charge in [0.1, 0.15) is 5.84 Å². The average molecular weight is 158 g/mol. The van der Waals surface area contributed by atoms with Gasteiger partial charge in [-0.3, -0.25) is 0 Å². The molecule has 1 heterocycles. The van der Waals surface area contributed by atoms with Crippen LogP contribution >= 0.6 is 0 Å². The van der Waals surface area contributed by atoms with Gasteiger partial charge in [-0.1, -0.05) is 30.3 Å². The van der Waals surface area contributed by atoms with Gasteiger partial charge in [-0.2, -0.15) is 0 Å². The van der Waals surface area contributed by atoms with Crippen molar-refractivity contribution in [3.63, 3.8) is 0 Å². The van der Waals surface area contributed by atoms with Gasteiger partial charge in [0.2, 0.25) is 0 Å². The van der Waals surface area contributed by atoms with Crippen molar-refractivity contribution in [3.05, 3.63) is 48.2 Å². The number of nitrogens with zero attached hydrogens (tertiary/aromatic N) is 1. The van der Waals surface area contributed by atoms with Gasteiger partial charge in [0.25, 0.3) is 0 Å². The van der Waals surface area contributed by atoms with Crippen molar-refractivity contribution < 1.29 is 0 Å². The Morgan fingerprint density at radius 2 is 2.00 bits per heavy atom. The van der Waals surface area contributed by atoms with Crippen LogP contribution in [0.2, 0.25) is 0 Å². The highest BCUT2D eigenvalue weighted by Crippen LogP contribution is 2.01. The summed E-state index contributed by atoms with van der Waals surface area (Å²) in [4.78, 5) is 4.22. The summed E-state index contributed by atoms with van der Waals surface area (Å²) in [7, 11) is 0. The lowest BCUT2D eigenvalue weighted by molar-refractivity contribution is 1.01. The fraction of sp³-hybridized carbons (Fsp3) is 0.100. The predicted octanol–water partition coefficient (Wildman–Crippen LogP) is 1.55. The molecule has 1 aliphatic rings. The lowest BCUT2D eigenvalue weighted by Gasteiger charge is -2.09. The predicted molar refractivity (Wildman–Crippen MR) is 50.1 cm³/mol. The Kier molecular flexibility index (Phi) is 1.90. The maximum absolute atomic E-state index is 4.22. The zero-order valence-electron chi connectivity index (χ0n) is 6.70. The molecule has 0 unspecified atom stereocenters. The second-order valence-electron chi connectivity index (χ2n) is 2.61. The first kappa shape index (κ1) is 7.10. The highest BCUT2D eigenvalue weighted by atomic mass is 15.0. The van der Waals surface area contributed by atoms with Gasteiger partial charge >= 0.3 is 0 Å². The SMILES string of the molecule is C1=CN=C(c2ccccc2)NC1. The van der Waals surface area contributed by atoms with Crippen molar-refractivity contribution in [2.24, 2.45) is 4.99 Å². The van der Waals surface area contributed by atoms with E-state index >= 15 is 0 Å². The summed E-state index contributed by atoms with van der Waals surface area (Å²) in [6.45, 7) is 0.869. The molecule has 0 atom stereocenters. The summed E-state index contributed by atoms with van der Waals surface area (Å²) < 4.78 is 0. The first-order valence-corrected chi connectivity index (χ1v) is 3.99. The fourth-order valence-corrected chi connectivity index (χ4v) is 1.15. The lowest BCUT2D eigenvalue weighted by Crippen LogP contribution is -2.26. The molecule has 0 radical (unpaired) electrons. The summed E-state index contributed by atoms with van der Waals surface area (Å²) in [5.74, 6) is 0.957. The molecule has 0 amide bonds. The maximum atomic E-state index is 4.22. The van der Waals surface area contributed by atoms with E-state index < -0.39 is 0 Å². The van der Waals surface area contributed by atoms with Crippen LogP contribution in [0, 0.1) is 0 Å². The van der Waals surface area contributed by atoms with Crippen LogP contribution in [0.25, 0.3) is 0 Å². The van der Waals surface area contributed by atoms with Crippen LogP contribution in [0.1, 0.15) is 5.56 Å². The van der Waals surface area contributed by atoms with E-state index in [4.69, 9.17) is 0 Å². The molecule has 0 aromatic heterocycles. The van der Waals surface area contributed by atoms with E-state index in [-0.39, 0.29) is 0 Å². The van der Waals surface area contributed by atoms with Crippen molar-refractivity contribution in [2.45, 2.75) is 0 Å². The third kappa shape index (κ3) is 1.37. The molecule has 0 spiro atoms. The smallest absolute Gasteiger partial charge is 0.133 e. The van der Waals surface area contributed by atoms with Gasteiger partial charge in [-0.05, 0) is 6.08 Å². The second kappa shape index (κ2) is 3.22. The molecule has 2 rings (SSSR count). The molecule has 0 fully saturated rings. The Balaban J connectivity index is 2.31. The molecule has 1 N–H and O–H groups in total. The summed E-state index contributed by atoms with van der Waals surface area (Å²) in [5.41, 5.74) is 1.14. The van der Waals surface area contributed by atoms with Crippen molar-refractivity contribution >= 4 is 5.84 Å². The molecule has 1 aliphatic heterocycles. The molecular weight excluding hydrogens is 148 g/mol. The van der Waals surface area contributed by atoms with E-state index in [1.54, 1.807) is 0 Å². The minimum Gasteiger partial charge on any atom is -0.366 e. The Labute approximate surface area is 71.6 Å². The summed E-state index contributed by atoms with van der Waals surface area (Å²) in [6, 6.07) is 10.1. The largest absolute Gasteiger partial charge is 0.366 e. The number of hydrogen-bond donors (Lipinski definition) is 1. The Morgan fingerprint density at radius 1 is 1.17 bits per heavy atom. The monoisotopic (exact) mass is 158 g/mol. The molecular formula is C10H10N2. The lowest BCUT2D eigenvalue weighted by atomic mass is 10.2. The van der Waals surface area contributed by atoms with Crippen LogP contribution in [0.3, 0.4) is 0 Å². The number of benzene rings is 1. The van der Waals surface area contributed by atoms with Crippen LogP contribution < -0.4 is 5.32 Å². The Hall–Kier alpha value is -1.57. The van der Waals surface area contributed by atoms with Crippen LogP contribution in [0.5, 0.6) is 0 Å². The topological polar surface area (TPSA) is 24.4 Å². The van der Waals surface area contributed by atoms with Gasteiger partial charge in [-0.15, -0.1) is 0 Å². The standard InChI is InChI=1S/C10H10N2/c1-2-5-9(6-3-1)10-11-7-4-8-12-10/h1-7H,8H2,(H,11,12). The first-order chi connectivity index (χ1) is 5.97. The minimum atomic E-state index is 0.869. The maximum Gasteiger partial charge on any atom is 0.133 e. The molecule has 0 aliphatic carbocycles. The third-order valence-electron chi connectivity index (χ3n) is 1.74. The average Bonchev–Trinajstić information content (AvgIpc) is 2.21. The zero-order chi connectivity index (χ0) is 8.23. The van der Waals surface area contributed by atoms with Crippen molar-refractivity contribution in [2.75, 3.05) is 6.54 Å². The first-order valence-electron chi connectivity index (χ1n) is 3.99. The quantitative estimate of drug-likeness (QED) is 0.658. The fourth-order valence-electron chi connectivity index (χ4n) is 1.15. The Morgan fingerprint density at radius 3 is 2.67 bits per heavy atom. The van der Waals surface area contributed by atoms with Crippen molar-refractivity contribution in [1.29, 1.82) is 0 Å². The minimum absolute atomic E-state index is 0.869. The number of rotatable bonds is 1.